The molecule has 0 spiro atoms. The van der Waals surface area contributed by atoms with E-state index >= 15 is 0 Å². The molecule has 102 valence electrons. The highest BCUT2D eigenvalue weighted by molar-refractivity contribution is 7.09. The first-order chi connectivity index (χ1) is 9.08. The topological polar surface area (TPSA) is 24.9 Å². The highest BCUT2D eigenvalue weighted by Gasteiger charge is 2.10. The van der Waals surface area contributed by atoms with Gasteiger partial charge in [-0.05, 0) is 30.9 Å². The second-order valence-electron chi connectivity index (χ2n) is 5.30. The zero-order valence-electron chi connectivity index (χ0n) is 12.1. The highest BCUT2D eigenvalue weighted by atomic mass is 32.1. The van der Waals surface area contributed by atoms with Crippen LogP contribution in [0, 0.1) is 6.92 Å². The molecule has 0 aliphatic carbocycles. The van der Waals surface area contributed by atoms with Crippen molar-refractivity contribution in [1.29, 1.82) is 0 Å². The molecule has 2 aromatic rings. The molecule has 0 fully saturated rings. The van der Waals surface area contributed by atoms with Gasteiger partial charge in [0.25, 0.3) is 0 Å². The van der Waals surface area contributed by atoms with Crippen molar-refractivity contribution in [2.45, 2.75) is 46.2 Å². The number of rotatable bonds is 5. The van der Waals surface area contributed by atoms with Gasteiger partial charge in [0.1, 0.15) is 0 Å². The van der Waals surface area contributed by atoms with Crippen molar-refractivity contribution in [1.82, 2.24) is 10.3 Å². The Balaban J connectivity index is 1.93. The van der Waals surface area contributed by atoms with Crippen LogP contribution in [-0.2, 0) is 6.54 Å². The van der Waals surface area contributed by atoms with E-state index in [1.807, 2.05) is 5.51 Å². The Morgan fingerprint density at radius 3 is 2.37 bits per heavy atom. The van der Waals surface area contributed by atoms with Crippen molar-refractivity contribution >= 4 is 11.3 Å². The predicted octanol–water partition coefficient (Wildman–Crippen LogP) is 4.43. The molecule has 0 bridgehead atoms. The summed E-state index contributed by atoms with van der Waals surface area (Å²) >= 11 is 1.73. The standard InChI is InChI=1S/C16H22N2S/c1-11(2)15-7-5-14(6-8-15)9-17-12(3)16-13(4)18-10-19-16/h5-8,10-12,17H,9H2,1-4H3. The van der Waals surface area contributed by atoms with E-state index in [4.69, 9.17) is 0 Å². The number of nitrogens with zero attached hydrogens (tertiary/aromatic N) is 1. The van der Waals surface area contributed by atoms with Gasteiger partial charge in [0, 0.05) is 17.5 Å². The zero-order valence-corrected chi connectivity index (χ0v) is 12.9. The Bertz CT molecular complexity index is 514. The van der Waals surface area contributed by atoms with Gasteiger partial charge in [-0.2, -0.15) is 0 Å². The molecule has 1 aromatic carbocycles. The molecule has 0 aliphatic heterocycles. The molecule has 2 nitrogen and oxygen atoms in total. The summed E-state index contributed by atoms with van der Waals surface area (Å²) in [5.41, 5.74) is 5.79. The fraction of sp³-hybridized carbons (Fsp3) is 0.438. The third-order valence-electron chi connectivity index (χ3n) is 3.43. The van der Waals surface area contributed by atoms with Crippen molar-refractivity contribution in [2.24, 2.45) is 0 Å². The predicted molar refractivity (Wildman–Crippen MR) is 82.6 cm³/mol. The van der Waals surface area contributed by atoms with Crippen molar-refractivity contribution in [2.75, 3.05) is 0 Å². The van der Waals surface area contributed by atoms with E-state index in [2.05, 4.69) is 62.3 Å². The van der Waals surface area contributed by atoms with Crippen LogP contribution in [0.4, 0.5) is 0 Å². The fourth-order valence-corrected chi connectivity index (χ4v) is 2.95. The molecular weight excluding hydrogens is 252 g/mol. The van der Waals surface area contributed by atoms with E-state index in [0.717, 1.165) is 12.2 Å². The van der Waals surface area contributed by atoms with Crippen LogP contribution in [0.3, 0.4) is 0 Å². The van der Waals surface area contributed by atoms with Crippen molar-refractivity contribution in [3.05, 3.63) is 51.5 Å². The SMILES string of the molecule is Cc1ncsc1C(C)NCc1ccc(C(C)C)cc1. The summed E-state index contributed by atoms with van der Waals surface area (Å²) < 4.78 is 0. The number of hydrogen-bond acceptors (Lipinski definition) is 3. The van der Waals surface area contributed by atoms with Gasteiger partial charge in [-0.25, -0.2) is 4.98 Å². The first-order valence-corrected chi connectivity index (χ1v) is 7.68. The molecular formula is C16H22N2S. The minimum absolute atomic E-state index is 0.359. The van der Waals surface area contributed by atoms with E-state index in [-0.39, 0.29) is 0 Å². The lowest BCUT2D eigenvalue weighted by atomic mass is 10.0. The number of aromatic nitrogens is 1. The maximum atomic E-state index is 4.30. The van der Waals surface area contributed by atoms with Crippen molar-refractivity contribution < 1.29 is 0 Å². The average Bonchev–Trinajstić information content (AvgIpc) is 2.83. The Labute approximate surface area is 119 Å². The number of nitrogens with one attached hydrogen (secondary N) is 1. The number of thiazole rings is 1. The van der Waals surface area contributed by atoms with Gasteiger partial charge in [0.05, 0.1) is 11.2 Å². The quantitative estimate of drug-likeness (QED) is 0.872. The molecule has 0 aliphatic rings. The molecule has 0 saturated heterocycles. The van der Waals surface area contributed by atoms with Crippen LogP contribution in [0.25, 0.3) is 0 Å². The van der Waals surface area contributed by atoms with Crippen LogP contribution in [0.15, 0.2) is 29.8 Å². The second-order valence-corrected chi connectivity index (χ2v) is 6.19. The largest absolute Gasteiger partial charge is 0.305 e. The molecule has 0 saturated carbocycles. The summed E-state index contributed by atoms with van der Waals surface area (Å²) in [6, 6.07) is 9.25. The number of benzene rings is 1. The number of hydrogen-bond donors (Lipinski definition) is 1. The maximum absolute atomic E-state index is 4.30. The second kappa shape index (κ2) is 6.31. The molecule has 3 heteroatoms. The molecule has 1 atom stereocenters. The summed E-state index contributed by atoms with van der Waals surface area (Å²) in [5.74, 6) is 0.598. The minimum Gasteiger partial charge on any atom is -0.305 e. The van der Waals surface area contributed by atoms with Crippen LogP contribution in [-0.4, -0.2) is 4.98 Å². The van der Waals surface area contributed by atoms with Crippen LogP contribution >= 0.6 is 11.3 Å². The van der Waals surface area contributed by atoms with E-state index < -0.39 is 0 Å². The molecule has 1 N–H and O–H groups in total. The minimum atomic E-state index is 0.359. The third-order valence-corrected chi connectivity index (χ3v) is 4.55. The maximum Gasteiger partial charge on any atom is 0.0798 e. The van der Waals surface area contributed by atoms with Crippen LogP contribution in [0.2, 0.25) is 0 Å². The van der Waals surface area contributed by atoms with E-state index in [1.165, 1.54) is 16.0 Å². The van der Waals surface area contributed by atoms with Crippen LogP contribution < -0.4 is 5.32 Å². The van der Waals surface area contributed by atoms with Gasteiger partial charge in [-0.3, -0.25) is 0 Å². The van der Waals surface area contributed by atoms with Crippen LogP contribution in [0.1, 0.15) is 54.4 Å². The van der Waals surface area contributed by atoms with Gasteiger partial charge < -0.3 is 5.32 Å². The molecule has 1 unspecified atom stereocenters. The zero-order chi connectivity index (χ0) is 13.8. The van der Waals surface area contributed by atoms with E-state index in [1.54, 1.807) is 11.3 Å². The fourth-order valence-electron chi connectivity index (χ4n) is 2.11. The molecule has 1 heterocycles. The summed E-state index contributed by atoms with van der Waals surface area (Å²) in [4.78, 5) is 5.63. The Morgan fingerprint density at radius 1 is 1.16 bits per heavy atom. The summed E-state index contributed by atoms with van der Waals surface area (Å²) in [6.07, 6.45) is 0. The molecule has 1 aromatic heterocycles. The molecule has 0 amide bonds. The monoisotopic (exact) mass is 274 g/mol. The normalized spacial score (nSPS) is 12.9. The van der Waals surface area contributed by atoms with Gasteiger partial charge >= 0.3 is 0 Å². The van der Waals surface area contributed by atoms with Gasteiger partial charge in [-0.1, -0.05) is 38.1 Å². The molecule has 2 rings (SSSR count). The van der Waals surface area contributed by atoms with E-state index in [0.29, 0.717) is 12.0 Å². The Morgan fingerprint density at radius 2 is 1.84 bits per heavy atom. The summed E-state index contributed by atoms with van der Waals surface area (Å²) in [7, 11) is 0. The van der Waals surface area contributed by atoms with Gasteiger partial charge in [-0.15, -0.1) is 11.3 Å². The first-order valence-electron chi connectivity index (χ1n) is 6.80. The summed E-state index contributed by atoms with van der Waals surface area (Å²) in [6.45, 7) is 9.62. The molecule has 0 radical (unpaired) electrons. The highest BCUT2D eigenvalue weighted by Crippen LogP contribution is 2.21. The van der Waals surface area contributed by atoms with Gasteiger partial charge in [0.2, 0.25) is 0 Å². The lowest BCUT2D eigenvalue weighted by Crippen LogP contribution is -2.17. The number of aryl methyl sites for hydroxylation is 1. The third kappa shape index (κ3) is 3.64. The summed E-state index contributed by atoms with van der Waals surface area (Å²) in [5, 5.41) is 3.56. The lowest BCUT2D eigenvalue weighted by molar-refractivity contribution is 0.579. The Hall–Kier alpha value is -1.19. The smallest absolute Gasteiger partial charge is 0.0798 e. The van der Waals surface area contributed by atoms with Crippen LogP contribution in [0.5, 0.6) is 0 Å². The lowest BCUT2D eigenvalue weighted by Gasteiger charge is -2.13. The van der Waals surface area contributed by atoms with E-state index in [9.17, 15) is 0 Å². The van der Waals surface area contributed by atoms with Crippen molar-refractivity contribution in [3.8, 4) is 0 Å². The Kier molecular flexibility index (Phi) is 4.72. The average molecular weight is 274 g/mol. The molecule has 19 heavy (non-hydrogen) atoms. The first kappa shape index (κ1) is 14.2. The van der Waals surface area contributed by atoms with Gasteiger partial charge in [0.15, 0.2) is 0 Å². The van der Waals surface area contributed by atoms with Crippen molar-refractivity contribution in [3.63, 3.8) is 0 Å².